The van der Waals surface area contributed by atoms with E-state index in [1.165, 1.54) is 22.2 Å². The maximum absolute atomic E-state index is 2.41. The topological polar surface area (TPSA) is 6.48 Å². The summed E-state index contributed by atoms with van der Waals surface area (Å²) < 4.78 is 0. The third-order valence-electron chi connectivity index (χ3n) is 4.71. The van der Waals surface area contributed by atoms with Gasteiger partial charge in [-0.3, -0.25) is 9.80 Å². The molecule has 3 rings (SSSR count). The fourth-order valence-corrected chi connectivity index (χ4v) is 5.92. The Morgan fingerprint density at radius 3 is 1.85 bits per heavy atom. The molecular formula is C23H28N2P. The molecule has 2 nitrogen and oxygen atoms in total. The summed E-state index contributed by atoms with van der Waals surface area (Å²) in [5.41, 5.74) is 1.47. The molecule has 0 aromatic heterocycles. The van der Waals surface area contributed by atoms with Gasteiger partial charge in [-0.2, -0.15) is 0 Å². The van der Waals surface area contributed by atoms with Gasteiger partial charge in [-0.1, -0.05) is 60.7 Å². The molecule has 0 amide bonds. The maximum atomic E-state index is 2.41. The third kappa shape index (κ3) is 4.55. The van der Waals surface area contributed by atoms with Gasteiger partial charge >= 0.3 is 0 Å². The lowest BCUT2D eigenvalue weighted by Crippen LogP contribution is -2.41. The van der Waals surface area contributed by atoms with Crippen molar-refractivity contribution < 1.29 is 0 Å². The lowest BCUT2D eigenvalue weighted by Gasteiger charge is -2.37. The van der Waals surface area contributed by atoms with E-state index in [1.807, 2.05) is 0 Å². The first kappa shape index (κ1) is 19.5. The minimum atomic E-state index is -0.548. The van der Waals surface area contributed by atoms with Crippen molar-refractivity contribution in [2.45, 2.75) is 13.0 Å². The lowest BCUT2D eigenvalue weighted by atomic mass is 9.98. The highest BCUT2D eigenvalue weighted by Crippen LogP contribution is 2.57. The first-order valence-electron chi connectivity index (χ1n) is 9.08. The second-order valence-electron chi connectivity index (χ2n) is 7.03. The standard InChI is InChI=1S/C23H28N2P/c1-19(25(4)18-24(2)3)22-16-11-17-23(22)26(20-12-7-5-8-13-20)21-14-9-6-10-15-21/h5-17,19H,18H2,1-4H3/t19-/m1/s1. The molecule has 1 aliphatic carbocycles. The Kier molecular flexibility index (Phi) is 6.86. The number of benzene rings is 2. The summed E-state index contributed by atoms with van der Waals surface area (Å²) in [6.07, 6.45) is 6.83. The molecule has 0 spiro atoms. The fourth-order valence-electron chi connectivity index (χ4n) is 3.37. The van der Waals surface area contributed by atoms with Gasteiger partial charge in [-0.15, -0.1) is 0 Å². The Hall–Kier alpha value is -1.21. The molecule has 3 heteroatoms. The van der Waals surface area contributed by atoms with Crippen molar-refractivity contribution in [3.8, 4) is 0 Å². The van der Waals surface area contributed by atoms with E-state index in [0.717, 1.165) is 6.67 Å². The van der Waals surface area contributed by atoms with E-state index in [0.29, 0.717) is 6.04 Å². The van der Waals surface area contributed by atoms with Crippen molar-refractivity contribution in [2.24, 2.45) is 0 Å². The zero-order chi connectivity index (χ0) is 18.5. The van der Waals surface area contributed by atoms with Crippen LogP contribution >= 0.6 is 7.92 Å². The minimum Gasteiger partial charge on any atom is -0.297 e. The fraction of sp³-hybridized carbons (Fsp3) is 0.261. The Bertz CT molecular complexity index is 619. The molecule has 2 aromatic carbocycles. The van der Waals surface area contributed by atoms with Gasteiger partial charge < -0.3 is 0 Å². The van der Waals surface area contributed by atoms with Crippen LogP contribution in [-0.4, -0.2) is 43.7 Å². The number of hydrogen-bond acceptors (Lipinski definition) is 2. The van der Waals surface area contributed by atoms with Gasteiger partial charge in [0.25, 0.3) is 0 Å². The zero-order valence-corrected chi connectivity index (χ0v) is 17.0. The summed E-state index contributed by atoms with van der Waals surface area (Å²) in [6, 6.07) is 22.2. The van der Waals surface area contributed by atoms with Crippen LogP contribution in [-0.2, 0) is 0 Å². The summed E-state index contributed by atoms with van der Waals surface area (Å²) in [5, 5.41) is 2.81. The van der Waals surface area contributed by atoms with Crippen LogP contribution in [0.15, 0.2) is 60.7 Å². The number of nitrogens with zero attached hydrogens (tertiary/aromatic N) is 2. The average molecular weight is 363 g/mol. The zero-order valence-electron chi connectivity index (χ0n) is 16.1. The molecule has 0 heterocycles. The molecule has 0 bridgehead atoms. The maximum Gasteiger partial charge on any atom is 0.0500 e. The molecule has 5 radical (unpaired) electrons. The van der Waals surface area contributed by atoms with Crippen molar-refractivity contribution in [1.82, 2.24) is 9.80 Å². The summed E-state index contributed by atoms with van der Waals surface area (Å²) in [6.45, 7) is 3.26. The van der Waals surface area contributed by atoms with E-state index in [4.69, 9.17) is 0 Å². The molecule has 1 aliphatic rings. The smallest absolute Gasteiger partial charge is 0.0500 e. The van der Waals surface area contributed by atoms with Crippen LogP contribution in [0.1, 0.15) is 6.92 Å². The van der Waals surface area contributed by atoms with Crippen molar-refractivity contribution >= 4 is 18.5 Å². The van der Waals surface area contributed by atoms with Crippen LogP contribution in [0.25, 0.3) is 0 Å². The molecule has 1 atom stereocenters. The van der Waals surface area contributed by atoms with Gasteiger partial charge in [0.15, 0.2) is 0 Å². The first-order valence-corrected chi connectivity index (χ1v) is 10.4. The van der Waals surface area contributed by atoms with Gasteiger partial charge in [0.05, 0.1) is 6.67 Å². The van der Waals surface area contributed by atoms with Crippen LogP contribution < -0.4 is 10.6 Å². The van der Waals surface area contributed by atoms with Gasteiger partial charge in [0, 0.05) is 17.6 Å². The molecule has 0 unspecified atom stereocenters. The second-order valence-corrected chi connectivity index (χ2v) is 9.21. The van der Waals surface area contributed by atoms with E-state index in [1.54, 1.807) is 0 Å². The summed E-state index contributed by atoms with van der Waals surface area (Å²) in [5.74, 6) is 1.44. The monoisotopic (exact) mass is 363 g/mol. The van der Waals surface area contributed by atoms with Gasteiger partial charge in [0.1, 0.15) is 0 Å². The largest absolute Gasteiger partial charge is 0.297 e. The molecule has 2 aromatic rings. The van der Waals surface area contributed by atoms with Crippen molar-refractivity contribution in [3.63, 3.8) is 0 Å². The van der Waals surface area contributed by atoms with E-state index in [9.17, 15) is 0 Å². The van der Waals surface area contributed by atoms with Crippen LogP contribution in [0.4, 0.5) is 0 Å². The third-order valence-corrected chi connectivity index (χ3v) is 7.23. The summed E-state index contributed by atoms with van der Waals surface area (Å²) in [4.78, 5) is 4.62. The Balaban J connectivity index is 1.90. The highest BCUT2D eigenvalue weighted by atomic mass is 31.1. The quantitative estimate of drug-likeness (QED) is 0.547. The Labute approximate surface area is 161 Å². The predicted octanol–water partition coefficient (Wildman–Crippen LogP) is 3.69. The van der Waals surface area contributed by atoms with Crippen LogP contribution in [0, 0.1) is 30.8 Å². The van der Waals surface area contributed by atoms with Crippen LogP contribution in [0.2, 0.25) is 0 Å². The van der Waals surface area contributed by atoms with Crippen molar-refractivity contribution in [3.05, 3.63) is 91.5 Å². The van der Waals surface area contributed by atoms with E-state index >= 15 is 0 Å². The van der Waals surface area contributed by atoms with Crippen LogP contribution in [0.5, 0.6) is 0 Å². The highest BCUT2D eigenvalue weighted by molar-refractivity contribution is 7.76. The van der Waals surface area contributed by atoms with Gasteiger partial charge in [0.2, 0.25) is 0 Å². The summed E-state index contributed by atoms with van der Waals surface area (Å²) >= 11 is 0. The predicted molar refractivity (Wildman–Crippen MR) is 114 cm³/mol. The van der Waals surface area contributed by atoms with Crippen molar-refractivity contribution in [2.75, 3.05) is 27.8 Å². The molecule has 0 saturated heterocycles. The molecular weight excluding hydrogens is 335 g/mol. The van der Waals surface area contributed by atoms with E-state index in [2.05, 4.69) is 118 Å². The molecule has 1 fully saturated rings. The lowest BCUT2D eigenvalue weighted by molar-refractivity contribution is 0.176. The Morgan fingerprint density at radius 2 is 1.35 bits per heavy atom. The molecule has 26 heavy (non-hydrogen) atoms. The molecule has 1 saturated carbocycles. The highest BCUT2D eigenvalue weighted by Gasteiger charge is 2.40. The Morgan fingerprint density at radius 1 is 0.808 bits per heavy atom. The second kappa shape index (κ2) is 9.13. The molecule has 0 aliphatic heterocycles. The van der Waals surface area contributed by atoms with Crippen LogP contribution in [0.3, 0.4) is 0 Å². The molecule has 135 valence electrons. The van der Waals surface area contributed by atoms with Gasteiger partial charge in [-0.05, 0) is 65.9 Å². The van der Waals surface area contributed by atoms with E-state index < -0.39 is 7.92 Å². The van der Waals surface area contributed by atoms with Gasteiger partial charge in [-0.25, -0.2) is 0 Å². The average Bonchev–Trinajstić information content (AvgIpc) is 3.12. The van der Waals surface area contributed by atoms with E-state index in [-0.39, 0.29) is 0 Å². The summed E-state index contributed by atoms with van der Waals surface area (Å²) in [7, 11) is 5.90. The van der Waals surface area contributed by atoms with Crippen molar-refractivity contribution in [1.29, 1.82) is 0 Å². The number of rotatable bonds is 7. The SMILES string of the molecule is C[C@H]([C]1[CH][CH][CH][C]1P(c1ccccc1)c1ccccc1)N(C)CN(C)C. The first-order chi connectivity index (χ1) is 12.6. The minimum absolute atomic E-state index is 0.375. The number of hydrogen-bond donors (Lipinski definition) is 0. The normalized spacial score (nSPS) is 17.5. The molecule has 0 N–H and O–H groups in total.